The van der Waals surface area contributed by atoms with E-state index >= 15 is 0 Å². The Morgan fingerprint density at radius 1 is 1.00 bits per heavy atom. The summed E-state index contributed by atoms with van der Waals surface area (Å²) in [4.78, 5) is 14.1. The van der Waals surface area contributed by atoms with Crippen LogP contribution in [0.15, 0.2) is 53.5 Å². The first-order chi connectivity index (χ1) is 12.3. The fourth-order valence-electron chi connectivity index (χ4n) is 3.51. The molecule has 0 amide bonds. The Labute approximate surface area is 143 Å². The molecule has 0 saturated heterocycles. The summed E-state index contributed by atoms with van der Waals surface area (Å²) in [5.74, 6) is 1.90. The normalized spacial score (nSPS) is 16.7. The minimum Gasteiger partial charge on any atom is -0.370 e. The standard InChI is InChI=1S/C18H17N7/c1-2-24-13-9-5-3-7-11(13)20-15(24)16-22-17(19)23-18-21-12-8-4-6-10-14(12)25(16)18/h3-10,16H,2H2,1H3,(H3,19,21,22,23)/t16-/m0/s1. The van der Waals surface area contributed by atoms with E-state index in [1.54, 1.807) is 0 Å². The largest absolute Gasteiger partial charge is 0.370 e. The van der Waals surface area contributed by atoms with E-state index in [2.05, 4.69) is 37.4 Å². The summed E-state index contributed by atoms with van der Waals surface area (Å²) in [6.07, 6.45) is -0.351. The second-order valence-electron chi connectivity index (χ2n) is 6.01. The number of anilines is 1. The fraction of sp³-hybridized carbons (Fsp3) is 0.167. The van der Waals surface area contributed by atoms with Gasteiger partial charge in [0.2, 0.25) is 5.95 Å². The average molecular weight is 331 g/mol. The van der Waals surface area contributed by atoms with E-state index in [1.165, 1.54) is 0 Å². The van der Waals surface area contributed by atoms with Crippen LogP contribution in [0.2, 0.25) is 0 Å². The Bertz CT molecular complexity index is 1130. The van der Waals surface area contributed by atoms with Crippen LogP contribution in [0.5, 0.6) is 0 Å². The van der Waals surface area contributed by atoms with Crippen molar-refractivity contribution in [3.05, 3.63) is 54.4 Å². The quantitative estimate of drug-likeness (QED) is 0.591. The van der Waals surface area contributed by atoms with Crippen molar-refractivity contribution in [1.29, 1.82) is 0 Å². The molecule has 5 rings (SSSR count). The van der Waals surface area contributed by atoms with Gasteiger partial charge in [-0.2, -0.15) is 0 Å². The number of hydrogen-bond acceptors (Lipinski definition) is 5. The van der Waals surface area contributed by atoms with Crippen LogP contribution in [-0.2, 0) is 6.54 Å². The van der Waals surface area contributed by atoms with Crippen LogP contribution in [-0.4, -0.2) is 25.1 Å². The van der Waals surface area contributed by atoms with Crippen molar-refractivity contribution in [3.63, 3.8) is 0 Å². The Hall–Kier alpha value is -3.35. The van der Waals surface area contributed by atoms with Crippen molar-refractivity contribution in [1.82, 2.24) is 19.1 Å². The monoisotopic (exact) mass is 331 g/mol. The van der Waals surface area contributed by atoms with Gasteiger partial charge in [0.05, 0.1) is 22.1 Å². The first kappa shape index (κ1) is 14.0. The Morgan fingerprint density at radius 3 is 2.44 bits per heavy atom. The summed E-state index contributed by atoms with van der Waals surface area (Å²) in [6.45, 7) is 2.91. The molecule has 4 aromatic rings. The third kappa shape index (κ3) is 1.95. The summed E-state index contributed by atoms with van der Waals surface area (Å²) in [5, 5.41) is 3.06. The summed E-state index contributed by atoms with van der Waals surface area (Å²) in [6, 6.07) is 16.1. The number of guanidine groups is 1. The van der Waals surface area contributed by atoms with Gasteiger partial charge in [0.1, 0.15) is 0 Å². The number of aliphatic imine (C=N–C) groups is 1. The number of benzene rings is 2. The molecule has 7 heteroatoms. The maximum Gasteiger partial charge on any atom is 0.212 e. The van der Waals surface area contributed by atoms with Gasteiger partial charge in [0, 0.05) is 6.54 Å². The number of aryl methyl sites for hydroxylation is 1. The zero-order valence-electron chi connectivity index (χ0n) is 13.7. The molecule has 0 aliphatic carbocycles. The third-order valence-corrected chi connectivity index (χ3v) is 4.57. The van der Waals surface area contributed by atoms with Gasteiger partial charge >= 0.3 is 0 Å². The van der Waals surface area contributed by atoms with Crippen LogP contribution in [0.3, 0.4) is 0 Å². The van der Waals surface area contributed by atoms with Crippen molar-refractivity contribution in [2.75, 3.05) is 5.32 Å². The SMILES string of the molecule is CCn1c([C@H]2N=C(N)Nc3nc4ccccc4n32)nc2ccccc21. The van der Waals surface area contributed by atoms with E-state index in [4.69, 9.17) is 10.7 Å². The van der Waals surface area contributed by atoms with Gasteiger partial charge in [-0.1, -0.05) is 24.3 Å². The van der Waals surface area contributed by atoms with Crippen molar-refractivity contribution in [2.45, 2.75) is 19.6 Å². The molecule has 1 aliphatic heterocycles. The lowest BCUT2D eigenvalue weighted by Gasteiger charge is -2.23. The molecular formula is C18H17N7. The van der Waals surface area contributed by atoms with Crippen LogP contribution in [0.25, 0.3) is 22.1 Å². The maximum atomic E-state index is 6.03. The highest BCUT2D eigenvalue weighted by atomic mass is 15.4. The van der Waals surface area contributed by atoms with Crippen molar-refractivity contribution >= 4 is 34.0 Å². The average Bonchev–Trinajstić information content (AvgIpc) is 3.18. The molecule has 0 saturated carbocycles. The maximum absolute atomic E-state index is 6.03. The minimum absolute atomic E-state index is 0.350. The van der Waals surface area contributed by atoms with Gasteiger partial charge < -0.3 is 10.3 Å². The first-order valence-electron chi connectivity index (χ1n) is 8.28. The second-order valence-corrected chi connectivity index (χ2v) is 6.01. The molecule has 124 valence electrons. The highest BCUT2D eigenvalue weighted by molar-refractivity contribution is 5.94. The number of para-hydroxylation sites is 4. The second kappa shape index (κ2) is 5.07. The molecule has 2 aromatic heterocycles. The van der Waals surface area contributed by atoms with Gasteiger partial charge in [-0.25, -0.2) is 15.0 Å². The lowest BCUT2D eigenvalue weighted by Crippen LogP contribution is -2.32. The molecular weight excluding hydrogens is 314 g/mol. The summed E-state index contributed by atoms with van der Waals surface area (Å²) >= 11 is 0. The number of aromatic nitrogens is 4. The van der Waals surface area contributed by atoms with E-state index in [0.29, 0.717) is 11.9 Å². The lowest BCUT2D eigenvalue weighted by molar-refractivity contribution is 0.552. The van der Waals surface area contributed by atoms with E-state index in [9.17, 15) is 0 Å². The molecule has 3 heterocycles. The van der Waals surface area contributed by atoms with Gasteiger partial charge in [-0.05, 0) is 31.2 Å². The molecule has 0 fully saturated rings. The molecule has 7 nitrogen and oxygen atoms in total. The number of hydrogen-bond donors (Lipinski definition) is 2. The van der Waals surface area contributed by atoms with Gasteiger partial charge in [0.15, 0.2) is 17.9 Å². The zero-order valence-corrected chi connectivity index (χ0v) is 13.7. The van der Waals surface area contributed by atoms with Crippen LogP contribution in [0.4, 0.5) is 5.95 Å². The number of nitrogens with one attached hydrogen (secondary N) is 1. The van der Waals surface area contributed by atoms with Crippen LogP contribution < -0.4 is 11.1 Å². The number of rotatable bonds is 2. The van der Waals surface area contributed by atoms with Gasteiger partial charge in [-0.15, -0.1) is 0 Å². The van der Waals surface area contributed by atoms with Crippen molar-refractivity contribution in [3.8, 4) is 0 Å². The van der Waals surface area contributed by atoms with Crippen LogP contribution in [0, 0.1) is 0 Å². The van der Waals surface area contributed by atoms with Crippen LogP contribution >= 0.6 is 0 Å². The molecule has 0 unspecified atom stereocenters. The Balaban J connectivity index is 1.81. The van der Waals surface area contributed by atoms with Gasteiger partial charge in [0.25, 0.3) is 0 Å². The number of fused-ring (bicyclic) bond motifs is 4. The summed E-state index contributed by atoms with van der Waals surface area (Å²) < 4.78 is 4.24. The summed E-state index contributed by atoms with van der Waals surface area (Å²) in [7, 11) is 0. The lowest BCUT2D eigenvalue weighted by atomic mass is 10.3. The predicted octanol–water partition coefficient (Wildman–Crippen LogP) is 2.69. The smallest absolute Gasteiger partial charge is 0.212 e. The van der Waals surface area contributed by atoms with Crippen molar-refractivity contribution < 1.29 is 0 Å². The summed E-state index contributed by atoms with van der Waals surface area (Å²) in [5.41, 5.74) is 9.99. The van der Waals surface area contributed by atoms with E-state index in [1.807, 2.05) is 42.5 Å². The molecule has 0 radical (unpaired) electrons. The Kier molecular flexibility index (Phi) is 2.85. The molecule has 1 atom stereocenters. The van der Waals surface area contributed by atoms with Crippen LogP contribution in [0.1, 0.15) is 18.9 Å². The predicted molar refractivity (Wildman–Crippen MR) is 98.5 cm³/mol. The van der Waals surface area contributed by atoms with E-state index in [-0.39, 0.29) is 6.17 Å². The van der Waals surface area contributed by atoms with Crippen molar-refractivity contribution in [2.24, 2.45) is 10.7 Å². The number of nitrogens with two attached hydrogens (primary N) is 1. The number of imidazole rings is 2. The molecule has 0 bridgehead atoms. The topological polar surface area (TPSA) is 86.0 Å². The van der Waals surface area contributed by atoms with Gasteiger partial charge in [-0.3, -0.25) is 9.88 Å². The molecule has 0 spiro atoms. The minimum atomic E-state index is -0.351. The third-order valence-electron chi connectivity index (χ3n) is 4.57. The molecule has 25 heavy (non-hydrogen) atoms. The highest BCUT2D eigenvalue weighted by Crippen LogP contribution is 2.33. The zero-order chi connectivity index (χ0) is 17.0. The number of nitrogens with zero attached hydrogens (tertiary/aromatic N) is 5. The van der Waals surface area contributed by atoms with E-state index in [0.717, 1.165) is 34.4 Å². The van der Waals surface area contributed by atoms with E-state index < -0.39 is 0 Å². The fourth-order valence-corrected chi connectivity index (χ4v) is 3.51. The molecule has 3 N–H and O–H groups in total. The molecule has 1 aliphatic rings. The molecule has 2 aromatic carbocycles. The highest BCUT2D eigenvalue weighted by Gasteiger charge is 2.29. The first-order valence-corrected chi connectivity index (χ1v) is 8.28. The Morgan fingerprint density at radius 2 is 1.68 bits per heavy atom.